The van der Waals surface area contributed by atoms with Crippen LogP contribution in [-0.2, 0) is 68.7 Å². The number of nitrogens with zero attached hydrogens (tertiary/aromatic N) is 6. The predicted molar refractivity (Wildman–Crippen MR) is 333 cm³/mol. The van der Waals surface area contributed by atoms with E-state index in [-0.39, 0.29) is 94.0 Å². The average Bonchev–Trinajstić information content (AvgIpc) is 1.54. The molecule has 0 aliphatic carbocycles. The summed E-state index contributed by atoms with van der Waals surface area (Å²) in [6.07, 6.45) is -3.95. The molecular weight excluding hydrogens is 1240 g/mol. The second-order valence-electron chi connectivity index (χ2n) is 27.6. The zero-order valence-corrected chi connectivity index (χ0v) is 55.7. The Hall–Kier alpha value is -5.78. The molecule has 18 atom stereocenters. The van der Waals surface area contributed by atoms with E-state index >= 15 is 0 Å². The van der Waals surface area contributed by atoms with Gasteiger partial charge in [0.15, 0.2) is 6.23 Å². The number of aliphatic hydroxyl groups is 2. The van der Waals surface area contributed by atoms with Crippen molar-refractivity contribution >= 4 is 60.2 Å². The molecular formula is C62H92CoN13O14P-4. The number of ether oxygens (including phenoxy) is 1. The van der Waals surface area contributed by atoms with Crippen LogP contribution in [0.3, 0.4) is 0 Å². The Morgan fingerprint density at radius 1 is 0.769 bits per heavy atom. The SMILES string of the molecule is C/C1=C2/[N-]/C(=C\C3[N-]C(/C(C)=C4\[N-][C@@](C)([C@@H]5[N-]C1[C@](C)(CCC(=O)NC[C@@H](C)OP(=O)(O)O[C@H]1[C@@H](O)[C@@H](n6cnc7cc(C)c(C)cc76)O[C@@H]1CO)[C@H]5CC(N)=O)[C@@](C)(CC(N)=O)[C@@H]4CCC(N)=O)[C@@](C)(CC(N)=O)[C@@H]3CCC(N)=O)C(C)(C)[C@@H]2CCC(N)=O.[Co]. The number of aliphatic hydroxyl groups excluding tert-OH is 2. The molecule has 7 amide bonds. The summed E-state index contributed by atoms with van der Waals surface area (Å²) in [5.41, 5.74) is 36.4. The molecule has 1 radical (unpaired) electrons. The molecule has 5 fully saturated rings. The van der Waals surface area contributed by atoms with Crippen LogP contribution in [0.2, 0.25) is 0 Å². The zero-order valence-electron chi connectivity index (χ0n) is 53.8. The summed E-state index contributed by atoms with van der Waals surface area (Å²) in [7, 11) is -5.06. The smallest absolute Gasteiger partial charge is 0.472 e. The summed E-state index contributed by atoms with van der Waals surface area (Å²) in [6, 6.07) is 0.329. The van der Waals surface area contributed by atoms with Crippen molar-refractivity contribution in [2.24, 2.45) is 79.7 Å². The number of fused-ring (bicyclic) bond motifs is 10. The van der Waals surface area contributed by atoms with E-state index in [0.717, 1.165) is 11.1 Å². The molecule has 7 heterocycles. The fourth-order valence-corrected chi connectivity index (χ4v) is 17.3. The summed E-state index contributed by atoms with van der Waals surface area (Å²) in [5, 5.41) is 47.0. The molecule has 1 aromatic heterocycles. The van der Waals surface area contributed by atoms with Gasteiger partial charge in [-0.05, 0) is 129 Å². The first kappa shape index (κ1) is 72.6. The normalized spacial score (nSPS) is 36.4. The van der Waals surface area contributed by atoms with Crippen LogP contribution in [0.4, 0.5) is 0 Å². The number of phosphoric acid groups is 1. The minimum absolute atomic E-state index is 0. The predicted octanol–water partition coefficient (Wildman–Crippen LogP) is 4.85. The summed E-state index contributed by atoms with van der Waals surface area (Å²) in [5.74, 6) is -6.94. The average molecular weight is 1330 g/mol. The van der Waals surface area contributed by atoms with Crippen molar-refractivity contribution in [1.82, 2.24) is 14.9 Å². The van der Waals surface area contributed by atoms with Crippen LogP contribution < -0.4 is 39.7 Å². The van der Waals surface area contributed by atoms with Gasteiger partial charge in [-0.1, -0.05) is 41.5 Å². The summed E-state index contributed by atoms with van der Waals surface area (Å²) in [4.78, 5) is 109. The van der Waals surface area contributed by atoms with Gasteiger partial charge in [0.2, 0.25) is 41.4 Å². The number of benzene rings is 1. The van der Waals surface area contributed by atoms with Crippen LogP contribution in [0.25, 0.3) is 32.3 Å². The second-order valence-corrected chi connectivity index (χ2v) is 29.0. The third-order valence-corrected chi connectivity index (χ3v) is 22.3. The first-order valence-electron chi connectivity index (χ1n) is 30.9. The summed E-state index contributed by atoms with van der Waals surface area (Å²) in [6.45, 7) is 19.5. The molecule has 29 heteroatoms. The van der Waals surface area contributed by atoms with Gasteiger partial charge in [-0.15, -0.1) is 46.9 Å². The molecule has 1 aromatic carbocycles. The number of imidazole rings is 1. The molecule has 27 nitrogen and oxygen atoms in total. The summed E-state index contributed by atoms with van der Waals surface area (Å²) < 4.78 is 32.3. The van der Waals surface area contributed by atoms with E-state index in [9.17, 15) is 53.2 Å². The number of nitrogens with two attached hydrogens (primary N) is 6. The largest absolute Gasteiger partial charge is 0.683 e. The molecule has 0 saturated carbocycles. The molecule has 8 rings (SSSR count). The number of hydrogen-bond acceptors (Lipinski definition) is 14. The number of hydrogen-bond donors (Lipinski definition) is 10. The van der Waals surface area contributed by atoms with Gasteiger partial charge in [-0.2, -0.15) is 17.1 Å². The minimum Gasteiger partial charge on any atom is -0.683 e. The Morgan fingerprint density at radius 3 is 1.95 bits per heavy atom. The van der Waals surface area contributed by atoms with E-state index < -0.39 is 161 Å². The van der Waals surface area contributed by atoms with Gasteiger partial charge in [0.1, 0.15) is 18.3 Å². The van der Waals surface area contributed by atoms with Crippen LogP contribution in [-0.4, -0.2) is 133 Å². The fraction of sp³-hybridized carbons (Fsp3) is 0.677. The number of primary amides is 6. The third kappa shape index (κ3) is 14.1. The number of carbonyl (C=O) groups is 7. The van der Waals surface area contributed by atoms with E-state index in [1.165, 1.54) is 13.3 Å². The van der Waals surface area contributed by atoms with Gasteiger partial charge >= 0.3 is 7.82 Å². The molecule has 4 unspecified atom stereocenters. The van der Waals surface area contributed by atoms with Crippen molar-refractivity contribution in [3.8, 4) is 0 Å². The number of nitrogens with one attached hydrogen (secondary N) is 1. The van der Waals surface area contributed by atoms with Gasteiger partial charge < -0.3 is 85.4 Å². The van der Waals surface area contributed by atoms with Crippen molar-refractivity contribution in [3.05, 3.63) is 85.2 Å². The number of aromatic nitrogens is 2. The van der Waals surface area contributed by atoms with E-state index in [1.54, 1.807) is 4.57 Å². The standard InChI is InChI=1S/C62H92N13O14P.Co/c1-29-20-39-40(21-30(29)2)75(28-70-39)57-52(84)53(41(27-76)87-57)89-90(85,86)88-31(3)26-69-49(83)18-19-59(8)37(22-46(66)80)56-62(11)61(10,25-48(68)82)36(14-17-45(65)79)51(74-62)33(5)55-60(9,24-47(67)81)34(12-15-43(63)77)38(71-55)23-42-58(6,7)35(13-16-44(64)78)50(72-42)32(4)54(59)73-56;/h20-21,23,28,31,34-38,41,52-57,76,84H,12-19,22,24-27H2,1-11H3,(H2,63,77)(H2,64,78)(H2,65,79)(H2,66,80)(H2,67,81)(H2,68,82)(H,69,83)(H,85,86);/q-4;/b42-23-,50-32-,51-33-;/t31-,34-,35-,36-,37+,38?,41-,52-,53-,54?,55?,56-,57+,59-,60+,61+,62+;/m1./s1. The Kier molecular flexibility index (Phi) is 21.8. The fourth-order valence-electron chi connectivity index (χ4n) is 16.1. The van der Waals surface area contributed by atoms with Crippen molar-refractivity contribution in [2.45, 2.75) is 207 Å². The number of carbonyl (C=O) groups excluding carboxylic acids is 7. The molecule has 507 valence electrons. The first-order valence-corrected chi connectivity index (χ1v) is 32.4. The van der Waals surface area contributed by atoms with Gasteiger partial charge in [0.05, 0.1) is 30.1 Å². The van der Waals surface area contributed by atoms with E-state index in [4.69, 9.17) is 69.5 Å². The number of amides is 7. The minimum atomic E-state index is -5.06. The third-order valence-electron chi connectivity index (χ3n) is 21.2. The molecule has 91 heavy (non-hydrogen) atoms. The topological polar surface area (TPSA) is 467 Å². The van der Waals surface area contributed by atoms with Crippen LogP contribution >= 0.6 is 7.82 Å². The molecule has 5 saturated heterocycles. The molecule has 2 aromatic rings. The van der Waals surface area contributed by atoms with Crippen molar-refractivity contribution in [2.75, 3.05) is 13.2 Å². The van der Waals surface area contributed by atoms with Crippen molar-refractivity contribution in [3.63, 3.8) is 0 Å². The molecule has 8 bridgehead atoms. The van der Waals surface area contributed by atoms with Crippen molar-refractivity contribution in [1.29, 1.82) is 0 Å². The molecule has 0 spiro atoms. The van der Waals surface area contributed by atoms with Crippen LogP contribution in [0.15, 0.2) is 52.8 Å². The van der Waals surface area contributed by atoms with E-state index in [1.807, 2.05) is 87.4 Å². The maximum absolute atomic E-state index is 14.4. The van der Waals surface area contributed by atoms with Crippen LogP contribution in [0.1, 0.15) is 150 Å². The monoisotopic (exact) mass is 1330 g/mol. The van der Waals surface area contributed by atoms with Crippen LogP contribution in [0.5, 0.6) is 0 Å². The maximum atomic E-state index is 14.4. The quantitative estimate of drug-likeness (QED) is 0.0563. The Bertz CT molecular complexity index is 3340. The summed E-state index contributed by atoms with van der Waals surface area (Å²) >= 11 is 0. The molecule has 6 aliphatic rings. The maximum Gasteiger partial charge on any atom is 0.472 e. The van der Waals surface area contributed by atoms with Crippen LogP contribution in [0, 0.1) is 59.2 Å². The Labute approximate surface area is 541 Å². The van der Waals surface area contributed by atoms with Gasteiger partial charge in [-0.25, -0.2) is 9.55 Å². The van der Waals surface area contributed by atoms with E-state index in [0.29, 0.717) is 39.3 Å². The van der Waals surface area contributed by atoms with Gasteiger partial charge in [0.25, 0.3) is 0 Å². The number of allylic oxidation sites excluding steroid dienone is 3. The number of rotatable bonds is 26. The molecule has 6 aliphatic heterocycles. The first-order chi connectivity index (χ1) is 41.8. The van der Waals surface area contributed by atoms with Gasteiger partial charge in [0, 0.05) is 68.3 Å². The number of aryl methyl sites for hydroxylation is 2. The van der Waals surface area contributed by atoms with Crippen molar-refractivity contribution < 1.29 is 83.8 Å². The van der Waals surface area contributed by atoms with Gasteiger partial charge in [-0.3, -0.25) is 42.6 Å². The zero-order chi connectivity index (χ0) is 66.7. The Morgan fingerprint density at radius 2 is 1.35 bits per heavy atom. The Balaban J connectivity index is 0.0000118. The van der Waals surface area contributed by atoms with E-state index in [2.05, 4.69) is 10.3 Å². The molecule has 16 N–H and O–H groups in total. The number of phosphoric ester groups is 1. The second kappa shape index (κ2) is 27.3.